The van der Waals surface area contributed by atoms with Crippen molar-refractivity contribution < 1.29 is 44.1 Å². The van der Waals surface area contributed by atoms with Gasteiger partial charge in [0.1, 0.15) is 17.1 Å². The van der Waals surface area contributed by atoms with E-state index in [9.17, 15) is 44.1 Å². The number of nitrogens with zero attached hydrogens (tertiary/aromatic N) is 3. The van der Waals surface area contributed by atoms with Crippen LogP contribution < -0.4 is 15.3 Å². The fourth-order valence-electron chi connectivity index (χ4n) is 3.44. The molecule has 3 atom stereocenters. The minimum Gasteiger partial charge on any atom is -0.549 e. The van der Waals surface area contributed by atoms with E-state index in [1.165, 1.54) is 36.8 Å². The normalized spacial score (nSPS) is 11.8. The fraction of sp³-hybridized carbons (Fsp3) is 0.300. The van der Waals surface area contributed by atoms with Crippen LogP contribution in [0.4, 0.5) is 0 Å². The molecule has 0 aliphatic rings. The number of Topliss-reactive ketones (excluding diaryl/α,β-unsaturated/α-hetero) is 3. The van der Waals surface area contributed by atoms with Crippen LogP contribution in [-0.4, -0.2) is 67.6 Å². The molecule has 3 unspecified atom stereocenters. The topological polar surface area (TPSA) is 210 Å². The molecule has 0 bridgehead atoms. The molecular formula is C30H30AlN3O9. The van der Waals surface area contributed by atoms with Crippen LogP contribution in [0, 0.1) is 17.8 Å². The molecule has 0 saturated heterocycles. The molecule has 0 aliphatic heterocycles. The van der Waals surface area contributed by atoms with Gasteiger partial charge in [-0.25, -0.2) is 0 Å². The molecule has 0 aliphatic carbocycles. The number of carbonyl (C=O) groups is 6. The summed E-state index contributed by atoms with van der Waals surface area (Å²) in [5, 5.41) is 31.8. The number of carbonyl (C=O) groups excluding carboxylic acids is 6. The maximum absolute atomic E-state index is 11.5. The molecule has 0 spiro atoms. The number of ketones is 3. The first kappa shape index (κ1) is 38.4. The van der Waals surface area contributed by atoms with Gasteiger partial charge in [0, 0.05) is 18.6 Å². The van der Waals surface area contributed by atoms with Crippen molar-refractivity contribution in [3.05, 3.63) is 90.3 Å². The zero-order valence-electron chi connectivity index (χ0n) is 23.9. The Bertz CT molecular complexity index is 1180. The van der Waals surface area contributed by atoms with E-state index in [-0.39, 0.29) is 53.7 Å². The molecule has 0 saturated carbocycles. The Hall–Kier alpha value is -4.60. The van der Waals surface area contributed by atoms with Gasteiger partial charge in [0.2, 0.25) is 0 Å². The quantitative estimate of drug-likeness (QED) is 0.149. The first-order valence-electron chi connectivity index (χ1n) is 13.0. The van der Waals surface area contributed by atoms with Gasteiger partial charge in [-0.3, -0.25) is 29.3 Å². The molecule has 0 fully saturated rings. The average Bonchev–Trinajstić information content (AvgIpc) is 2.99. The largest absolute Gasteiger partial charge is 3.00 e. The second-order valence-corrected chi connectivity index (χ2v) is 8.58. The van der Waals surface area contributed by atoms with Crippen molar-refractivity contribution in [2.45, 2.75) is 40.0 Å². The molecule has 3 heterocycles. The van der Waals surface area contributed by atoms with Crippen LogP contribution in [-0.2, 0) is 14.4 Å². The maximum Gasteiger partial charge on any atom is 3.00 e. The van der Waals surface area contributed by atoms with Gasteiger partial charge in [0.15, 0.2) is 17.3 Å². The van der Waals surface area contributed by atoms with Gasteiger partial charge >= 0.3 is 17.4 Å². The maximum atomic E-state index is 11.5. The third-order valence-corrected chi connectivity index (χ3v) is 5.78. The average molecular weight is 604 g/mol. The van der Waals surface area contributed by atoms with Gasteiger partial charge in [0.25, 0.3) is 0 Å². The predicted octanol–water partition coefficient (Wildman–Crippen LogP) is -0.260. The Morgan fingerprint density at radius 3 is 0.884 bits per heavy atom. The number of aromatic nitrogens is 3. The van der Waals surface area contributed by atoms with E-state index in [0.29, 0.717) is 0 Å². The van der Waals surface area contributed by atoms with E-state index < -0.39 is 53.0 Å². The number of aliphatic carboxylic acids is 3. The Morgan fingerprint density at radius 2 is 0.744 bits per heavy atom. The first-order valence-corrected chi connectivity index (χ1v) is 13.0. The molecule has 3 aromatic rings. The molecule has 12 nitrogen and oxygen atoms in total. The van der Waals surface area contributed by atoms with E-state index in [1.54, 1.807) is 57.2 Å². The van der Waals surface area contributed by atoms with E-state index in [4.69, 9.17) is 0 Å². The summed E-state index contributed by atoms with van der Waals surface area (Å²) in [5.41, 5.74) is 0.510. The molecule has 0 aromatic carbocycles. The SMILES string of the molecule is CCC(C(=O)[O-])C(=O)c1ccccn1.CCC(C(=O)[O-])C(=O)c1ccccn1.CCC(C(=O)[O-])C(=O)c1ccccn1.[Al+3]. The van der Waals surface area contributed by atoms with E-state index in [1.807, 2.05) is 0 Å². The molecule has 0 amide bonds. The summed E-state index contributed by atoms with van der Waals surface area (Å²) in [6.45, 7) is 4.88. The standard InChI is InChI=1S/3C10H11NO3.Al/c3*1-2-7(10(13)14)9(12)8-5-3-4-6-11-8;/h3*3-7H,2H2,1H3,(H,13,14);/q;;;+3/p-3. The second-order valence-electron chi connectivity index (χ2n) is 8.58. The predicted molar refractivity (Wildman–Crippen MR) is 148 cm³/mol. The molecule has 3 rings (SSSR count). The van der Waals surface area contributed by atoms with Crippen LogP contribution in [0.2, 0.25) is 0 Å². The number of hydrogen-bond donors (Lipinski definition) is 0. The minimum absolute atomic E-state index is 0. The van der Waals surface area contributed by atoms with Crippen molar-refractivity contribution in [1.29, 1.82) is 0 Å². The van der Waals surface area contributed by atoms with Gasteiger partial charge in [-0.1, -0.05) is 39.0 Å². The van der Waals surface area contributed by atoms with Crippen LogP contribution in [0.3, 0.4) is 0 Å². The van der Waals surface area contributed by atoms with Crippen molar-refractivity contribution in [3.63, 3.8) is 0 Å². The zero-order chi connectivity index (χ0) is 31.7. The van der Waals surface area contributed by atoms with Crippen molar-refractivity contribution in [3.8, 4) is 0 Å². The molecule has 0 radical (unpaired) electrons. The first-order chi connectivity index (χ1) is 20.0. The van der Waals surface area contributed by atoms with Crippen LogP contribution in [0.15, 0.2) is 73.2 Å². The Balaban J connectivity index is 0.000000608. The Morgan fingerprint density at radius 1 is 0.512 bits per heavy atom. The molecule has 222 valence electrons. The Labute approximate surface area is 259 Å². The van der Waals surface area contributed by atoms with Crippen molar-refractivity contribution >= 4 is 52.6 Å². The molecule has 0 N–H and O–H groups in total. The van der Waals surface area contributed by atoms with Gasteiger partial charge in [-0.2, -0.15) is 0 Å². The summed E-state index contributed by atoms with van der Waals surface area (Å²) < 4.78 is 0. The summed E-state index contributed by atoms with van der Waals surface area (Å²) in [5.74, 6) is -8.79. The van der Waals surface area contributed by atoms with Gasteiger partial charge in [-0.15, -0.1) is 0 Å². The molecule has 13 heteroatoms. The van der Waals surface area contributed by atoms with Crippen molar-refractivity contribution in [1.82, 2.24) is 15.0 Å². The van der Waals surface area contributed by atoms with Crippen molar-refractivity contribution in [2.24, 2.45) is 17.8 Å². The van der Waals surface area contributed by atoms with Gasteiger partial charge in [0.05, 0.1) is 35.7 Å². The smallest absolute Gasteiger partial charge is 0.549 e. The van der Waals surface area contributed by atoms with Crippen molar-refractivity contribution in [2.75, 3.05) is 0 Å². The summed E-state index contributed by atoms with van der Waals surface area (Å²) in [6, 6.07) is 14.4. The zero-order valence-corrected chi connectivity index (χ0v) is 25.0. The summed E-state index contributed by atoms with van der Waals surface area (Å²) >= 11 is 0. The third kappa shape index (κ3) is 12.4. The number of carboxylic acid groups (broad SMARTS) is 3. The Kier molecular flexibility index (Phi) is 18.1. The van der Waals surface area contributed by atoms with Gasteiger partial charge in [-0.05, 0) is 55.7 Å². The molecule has 3 aromatic heterocycles. The summed E-state index contributed by atoms with van der Waals surface area (Å²) in [6.07, 6.45) is 5.02. The molecular weight excluding hydrogens is 573 g/mol. The second kappa shape index (κ2) is 20.3. The van der Waals surface area contributed by atoms with Gasteiger partial charge < -0.3 is 29.7 Å². The minimum atomic E-state index is -1.34. The van der Waals surface area contributed by atoms with Crippen LogP contribution >= 0.6 is 0 Å². The fourth-order valence-corrected chi connectivity index (χ4v) is 3.44. The van der Waals surface area contributed by atoms with E-state index in [2.05, 4.69) is 15.0 Å². The van der Waals surface area contributed by atoms with Crippen LogP contribution in [0.1, 0.15) is 71.5 Å². The third-order valence-electron chi connectivity index (χ3n) is 5.78. The summed E-state index contributed by atoms with van der Waals surface area (Å²) in [7, 11) is 0. The number of rotatable bonds is 12. The van der Waals surface area contributed by atoms with E-state index >= 15 is 0 Å². The summed E-state index contributed by atoms with van der Waals surface area (Å²) in [4.78, 5) is 77.7. The molecule has 43 heavy (non-hydrogen) atoms. The monoisotopic (exact) mass is 603 g/mol. The number of pyridine rings is 3. The number of carboxylic acids is 3. The van der Waals surface area contributed by atoms with Crippen LogP contribution in [0.5, 0.6) is 0 Å². The number of hydrogen-bond acceptors (Lipinski definition) is 12. The van der Waals surface area contributed by atoms with E-state index in [0.717, 1.165) is 0 Å². The van der Waals surface area contributed by atoms with Crippen LogP contribution in [0.25, 0.3) is 0 Å².